The normalized spacial score (nSPS) is 19.1. The lowest BCUT2D eigenvalue weighted by Crippen LogP contribution is -2.48. The van der Waals surface area contributed by atoms with E-state index in [0.29, 0.717) is 0 Å². The number of aliphatic hydroxyl groups excluding tert-OH is 5. The van der Waals surface area contributed by atoms with Crippen LogP contribution in [0.25, 0.3) is 0 Å². The van der Waals surface area contributed by atoms with Crippen molar-refractivity contribution in [3.63, 3.8) is 0 Å². The molecule has 0 amide bonds. The molecule has 0 radical (unpaired) electrons. The van der Waals surface area contributed by atoms with Gasteiger partial charge in [-0.2, -0.15) is 0 Å². The second kappa shape index (κ2) is 6.70. The molecular weight excluding hydrogens is 208 g/mol. The van der Waals surface area contributed by atoms with E-state index < -0.39 is 43.6 Å². The van der Waals surface area contributed by atoms with E-state index >= 15 is 0 Å². The molecule has 0 aliphatic rings. The Labute approximate surface area is 86.5 Å². The molecule has 7 heteroatoms. The molecule has 0 aliphatic carbocycles. The number of carbonyl (C=O) groups is 1. The van der Waals surface area contributed by atoms with Gasteiger partial charge in [0.2, 0.25) is 0 Å². The van der Waals surface area contributed by atoms with Crippen LogP contribution in [0.2, 0.25) is 0 Å². The number of aliphatic hydroxyl groups is 5. The van der Waals surface area contributed by atoms with Crippen molar-refractivity contribution >= 4 is 5.97 Å². The highest BCUT2D eigenvalue weighted by molar-refractivity contribution is 5.66. The standard InChI is InChI=1S/C8H16O7/c1-4(11)15-6(3-10)8(14)7(13)5(12)2-9/h5-10,12-14H,2-3H2,1H3/t5-,6+,7-,8-/m1/s1. The van der Waals surface area contributed by atoms with Crippen LogP contribution in [-0.4, -0.2) is 69.1 Å². The van der Waals surface area contributed by atoms with Crippen LogP contribution in [0.1, 0.15) is 6.92 Å². The quantitative estimate of drug-likeness (QED) is 0.304. The maximum absolute atomic E-state index is 10.5. The van der Waals surface area contributed by atoms with Crippen molar-refractivity contribution in [2.24, 2.45) is 0 Å². The Hall–Kier alpha value is -0.730. The lowest BCUT2D eigenvalue weighted by atomic mass is 10.0. The molecule has 0 saturated carbocycles. The molecule has 0 rings (SSSR count). The summed E-state index contributed by atoms with van der Waals surface area (Å²) in [4.78, 5) is 10.5. The van der Waals surface area contributed by atoms with E-state index in [9.17, 15) is 15.0 Å². The maximum Gasteiger partial charge on any atom is 0.303 e. The minimum Gasteiger partial charge on any atom is -0.457 e. The Kier molecular flexibility index (Phi) is 6.37. The number of esters is 1. The topological polar surface area (TPSA) is 127 Å². The van der Waals surface area contributed by atoms with Crippen molar-refractivity contribution in [2.75, 3.05) is 13.2 Å². The maximum atomic E-state index is 10.5. The van der Waals surface area contributed by atoms with Crippen LogP contribution in [0.4, 0.5) is 0 Å². The van der Waals surface area contributed by atoms with Crippen molar-refractivity contribution in [3.8, 4) is 0 Å². The lowest BCUT2D eigenvalue weighted by Gasteiger charge is -2.27. The van der Waals surface area contributed by atoms with Crippen LogP contribution < -0.4 is 0 Å². The molecule has 0 bridgehead atoms. The van der Waals surface area contributed by atoms with Gasteiger partial charge in [0.15, 0.2) is 6.10 Å². The molecule has 0 unspecified atom stereocenters. The van der Waals surface area contributed by atoms with Gasteiger partial charge in [-0.15, -0.1) is 0 Å². The summed E-state index contributed by atoms with van der Waals surface area (Å²) < 4.78 is 4.49. The third-order valence-corrected chi connectivity index (χ3v) is 1.81. The number of ether oxygens (including phenoxy) is 1. The molecule has 0 aliphatic heterocycles. The van der Waals surface area contributed by atoms with Crippen LogP contribution in [-0.2, 0) is 9.53 Å². The minimum atomic E-state index is -1.70. The first kappa shape index (κ1) is 14.3. The summed E-state index contributed by atoms with van der Waals surface area (Å²) in [5, 5.41) is 44.9. The number of hydrogen-bond acceptors (Lipinski definition) is 7. The predicted molar refractivity (Wildman–Crippen MR) is 47.7 cm³/mol. The SMILES string of the molecule is CC(=O)O[C@@H](CO)[C@@H](O)[C@H](O)[C@H](O)CO. The molecular formula is C8H16O7. The molecule has 5 N–H and O–H groups in total. The van der Waals surface area contributed by atoms with Crippen LogP contribution in [0.5, 0.6) is 0 Å². The van der Waals surface area contributed by atoms with Gasteiger partial charge in [-0.05, 0) is 0 Å². The lowest BCUT2D eigenvalue weighted by molar-refractivity contribution is -0.168. The number of hydrogen-bond donors (Lipinski definition) is 5. The van der Waals surface area contributed by atoms with E-state index in [1.807, 2.05) is 0 Å². The molecule has 0 aromatic carbocycles. The molecule has 4 atom stereocenters. The molecule has 15 heavy (non-hydrogen) atoms. The van der Waals surface area contributed by atoms with Crippen LogP contribution >= 0.6 is 0 Å². The summed E-state index contributed by atoms with van der Waals surface area (Å²) in [5.41, 5.74) is 0. The third-order valence-electron chi connectivity index (χ3n) is 1.81. The first-order valence-electron chi connectivity index (χ1n) is 4.37. The average molecular weight is 224 g/mol. The predicted octanol–water partition coefficient (Wildman–Crippen LogP) is -3.01. The van der Waals surface area contributed by atoms with Gasteiger partial charge in [0, 0.05) is 6.92 Å². The third kappa shape index (κ3) is 4.54. The molecule has 0 aromatic rings. The van der Waals surface area contributed by atoms with Crippen LogP contribution in [0, 0.1) is 0 Å². The first-order chi connectivity index (χ1) is 6.93. The van der Waals surface area contributed by atoms with Crippen molar-refractivity contribution in [1.82, 2.24) is 0 Å². The van der Waals surface area contributed by atoms with Gasteiger partial charge in [0.1, 0.15) is 18.3 Å². The summed E-state index contributed by atoms with van der Waals surface area (Å²) in [7, 11) is 0. The molecule has 7 nitrogen and oxygen atoms in total. The van der Waals surface area contributed by atoms with Gasteiger partial charge in [-0.1, -0.05) is 0 Å². The minimum absolute atomic E-state index is 0.698. The second-order valence-corrected chi connectivity index (χ2v) is 3.06. The Bertz CT molecular complexity index is 195. The Morgan fingerprint density at radius 1 is 1.13 bits per heavy atom. The van der Waals surface area contributed by atoms with Gasteiger partial charge in [0.25, 0.3) is 0 Å². The van der Waals surface area contributed by atoms with Crippen molar-refractivity contribution in [1.29, 1.82) is 0 Å². The fourth-order valence-corrected chi connectivity index (χ4v) is 0.984. The molecule has 90 valence electrons. The zero-order valence-electron chi connectivity index (χ0n) is 8.28. The summed E-state index contributed by atoms with van der Waals surface area (Å²) in [6.07, 6.45) is -6.27. The molecule has 0 saturated heterocycles. The van der Waals surface area contributed by atoms with Crippen molar-refractivity contribution < 1.29 is 35.1 Å². The zero-order valence-corrected chi connectivity index (χ0v) is 8.28. The van der Waals surface area contributed by atoms with E-state index in [1.165, 1.54) is 0 Å². The molecule has 0 aromatic heterocycles. The summed E-state index contributed by atoms with van der Waals surface area (Å²) in [5.74, 6) is -0.737. The van der Waals surface area contributed by atoms with Crippen LogP contribution in [0.3, 0.4) is 0 Å². The fourth-order valence-electron chi connectivity index (χ4n) is 0.984. The number of carbonyl (C=O) groups excluding carboxylic acids is 1. The first-order valence-corrected chi connectivity index (χ1v) is 4.37. The smallest absolute Gasteiger partial charge is 0.303 e. The van der Waals surface area contributed by atoms with Gasteiger partial charge in [0.05, 0.1) is 13.2 Å². The van der Waals surface area contributed by atoms with E-state index in [1.54, 1.807) is 0 Å². The number of rotatable bonds is 6. The highest BCUT2D eigenvalue weighted by Gasteiger charge is 2.32. The van der Waals surface area contributed by atoms with Crippen LogP contribution in [0.15, 0.2) is 0 Å². The average Bonchev–Trinajstić information content (AvgIpc) is 2.22. The molecule has 0 spiro atoms. The Morgan fingerprint density at radius 2 is 1.67 bits per heavy atom. The van der Waals surface area contributed by atoms with E-state index in [4.69, 9.17) is 15.3 Å². The second-order valence-electron chi connectivity index (χ2n) is 3.06. The largest absolute Gasteiger partial charge is 0.457 e. The zero-order chi connectivity index (χ0) is 12.0. The van der Waals surface area contributed by atoms with E-state index in [2.05, 4.69) is 4.74 Å². The van der Waals surface area contributed by atoms with Crippen molar-refractivity contribution in [2.45, 2.75) is 31.3 Å². The van der Waals surface area contributed by atoms with Gasteiger partial charge in [-0.3, -0.25) is 4.79 Å². The fraction of sp³-hybridized carbons (Fsp3) is 0.875. The van der Waals surface area contributed by atoms with Crippen molar-refractivity contribution in [3.05, 3.63) is 0 Å². The Balaban J connectivity index is 4.35. The summed E-state index contributed by atoms with van der Waals surface area (Å²) in [6, 6.07) is 0. The highest BCUT2D eigenvalue weighted by Crippen LogP contribution is 2.08. The summed E-state index contributed by atoms with van der Waals surface area (Å²) in [6.45, 7) is -0.378. The van der Waals surface area contributed by atoms with E-state index in [-0.39, 0.29) is 0 Å². The van der Waals surface area contributed by atoms with Gasteiger partial charge >= 0.3 is 5.97 Å². The van der Waals surface area contributed by atoms with Gasteiger partial charge < -0.3 is 30.3 Å². The van der Waals surface area contributed by atoms with E-state index in [0.717, 1.165) is 6.92 Å². The molecule has 0 fully saturated rings. The molecule has 0 heterocycles. The van der Waals surface area contributed by atoms with Gasteiger partial charge in [-0.25, -0.2) is 0 Å². The highest BCUT2D eigenvalue weighted by atomic mass is 16.6. The monoisotopic (exact) mass is 224 g/mol. The summed E-state index contributed by atoms with van der Waals surface area (Å²) >= 11 is 0. The Morgan fingerprint density at radius 3 is 2.00 bits per heavy atom.